The highest BCUT2D eigenvalue weighted by Crippen LogP contribution is 2.35. The molecule has 0 spiro atoms. The lowest BCUT2D eigenvalue weighted by Crippen LogP contribution is -2.43. The Morgan fingerprint density at radius 2 is 2.09 bits per heavy atom. The van der Waals surface area contributed by atoms with Gasteiger partial charge in [-0.1, -0.05) is 0 Å². The molecule has 0 aliphatic rings. The second kappa shape index (κ2) is 7.36. The number of aromatic nitrogens is 2. The van der Waals surface area contributed by atoms with E-state index < -0.39 is 34.3 Å². The Hall–Kier alpha value is -1.23. The monoisotopic (exact) mass is 403 g/mol. The van der Waals surface area contributed by atoms with Gasteiger partial charge in [-0.25, -0.2) is 4.79 Å². The molecule has 0 aromatic carbocycles. The maximum Gasteiger partial charge on any atom is 0.436 e. The molecule has 1 atom stereocenters. The molecule has 0 radical (unpaired) electrons. The van der Waals surface area contributed by atoms with E-state index in [-0.39, 0.29) is 18.1 Å². The minimum atomic E-state index is -4.71. The van der Waals surface area contributed by atoms with Gasteiger partial charge in [0.2, 0.25) is 0 Å². The van der Waals surface area contributed by atoms with Crippen molar-refractivity contribution < 1.29 is 27.5 Å². The van der Waals surface area contributed by atoms with Crippen LogP contribution in [0.2, 0.25) is 0 Å². The molecule has 0 aliphatic carbocycles. The van der Waals surface area contributed by atoms with Gasteiger partial charge in [0, 0.05) is 12.8 Å². The largest absolute Gasteiger partial charge is 0.464 e. The fourth-order valence-electron chi connectivity index (χ4n) is 1.57. The average molecular weight is 404 g/mol. The topological polar surface area (TPSA) is 73.2 Å². The predicted molar refractivity (Wildman–Crippen MR) is 77.7 cm³/mol. The predicted octanol–water partition coefficient (Wildman–Crippen LogP) is 1.79. The van der Waals surface area contributed by atoms with Gasteiger partial charge in [0.15, 0.2) is 5.69 Å². The summed E-state index contributed by atoms with van der Waals surface area (Å²) in [5.74, 6) is -1.68. The molecule has 0 unspecified atom stereocenters. The van der Waals surface area contributed by atoms with Crippen LogP contribution in [-0.2, 0) is 22.8 Å². The molecule has 11 heteroatoms. The molecular formula is C11H13BrF3N3O3S. The third-order valence-electron chi connectivity index (χ3n) is 2.53. The third kappa shape index (κ3) is 4.15. The molecule has 22 heavy (non-hydrogen) atoms. The van der Waals surface area contributed by atoms with Gasteiger partial charge in [-0.15, -0.1) is 0 Å². The standard InChI is InChI=1S/C11H13BrF3N3O3S/c1-3-21-10(20)5(4-22)16-9(19)7-6(12)8(11(13,14)15)17-18(7)2/h5,22H,3-4H2,1-2H3,(H,16,19)/t5-/m0/s1. The van der Waals surface area contributed by atoms with E-state index in [1.54, 1.807) is 6.92 Å². The number of rotatable bonds is 5. The Morgan fingerprint density at radius 1 is 1.50 bits per heavy atom. The number of nitrogens with one attached hydrogen (secondary N) is 1. The number of amides is 1. The molecule has 124 valence electrons. The average Bonchev–Trinajstić information content (AvgIpc) is 2.71. The van der Waals surface area contributed by atoms with Crippen molar-refractivity contribution in [2.24, 2.45) is 7.05 Å². The van der Waals surface area contributed by atoms with Gasteiger partial charge in [0.05, 0.1) is 11.1 Å². The van der Waals surface area contributed by atoms with Crippen molar-refractivity contribution in [2.75, 3.05) is 12.4 Å². The van der Waals surface area contributed by atoms with Gasteiger partial charge in [-0.2, -0.15) is 30.9 Å². The first-order valence-corrected chi connectivity index (χ1v) is 7.44. The Labute approximate surface area is 137 Å². The molecule has 1 aromatic rings. The summed E-state index contributed by atoms with van der Waals surface area (Å²) in [4.78, 5) is 23.7. The molecule has 6 nitrogen and oxygen atoms in total. The number of carbonyl (C=O) groups is 2. The highest BCUT2D eigenvalue weighted by molar-refractivity contribution is 9.10. The molecule has 1 rings (SSSR count). The first kappa shape index (κ1) is 18.8. The number of alkyl halides is 3. The SMILES string of the molecule is CCOC(=O)[C@H](CS)NC(=O)c1c(Br)c(C(F)(F)F)nn1C. The van der Waals surface area contributed by atoms with Crippen LogP contribution in [0.1, 0.15) is 23.1 Å². The van der Waals surface area contributed by atoms with E-state index in [1.165, 1.54) is 7.05 Å². The van der Waals surface area contributed by atoms with Crippen LogP contribution in [0, 0.1) is 0 Å². The van der Waals surface area contributed by atoms with Crippen LogP contribution in [-0.4, -0.2) is 40.1 Å². The first-order chi connectivity index (χ1) is 10.1. The van der Waals surface area contributed by atoms with Crippen molar-refractivity contribution in [2.45, 2.75) is 19.1 Å². The van der Waals surface area contributed by atoms with Gasteiger partial charge in [0.1, 0.15) is 11.7 Å². The molecule has 1 aromatic heterocycles. The number of aryl methyl sites for hydroxylation is 1. The zero-order valence-electron chi connectivity index (χ0n) is 11.6. The quantitative estimate of drug-likeness (QED) is 0.580. The summed E-state index contributed by atoms with van der Waals surface area (Å²) >= 11 is 6.63. The molecular weight excluding hydrogens is 391 g/mol. The van der Waals surface area contributed by atoms with Crippen molar-refractivity contribution in [3.8, 4) is 0 Å². The molecule has 1 N–H and O–H groups in total. The summed E-state index contributed by atoms with van der Waals surface area (Å²) in [6.07, 6.45) is -4.71. The Bertz CT molecular complexity index is 577. The van der Waals surface area contributed by atoms with Crippen LogP contribution in [0.15, 0.2) is 4.47 Å². The zero-order valence-corrected chi connectivity index (χ0v) is 14.1. The van der Waals surface area contributed by atoms with Crippen molar-refractivity contribution in [3.05, 3.63) is 15.9 Å². The minimum Gasteiger partial charge on any atom is -0.464 e. The first-order valence-electron chi connectivity index (χ1n) is 6.01. The van der Waals surface area contributed by atoms with Crippen molar-refractivity contribution in [1.29, 1.82) is 0 Å². The fourth-order valence-corrected chi connectivity index (χ4v) is 2.56. The molecule has 0 aliphatic heterocycles. The lowest BCUT2D eigenvalue weighted by molar-refractivity contribution is -0.145. The van der Waals surface area contributed by atoms with Crippen LogP contribution in [0.5, 0.6) is 0 Å². The van der Waals surface area contributed by atoms with Crippen LogP contribution >= 0.6 is 28.6 Å². The van der Waals surface area contributed by atoms with Gasteiger partial charge >= 0.3 is 12.1 Å². The van der Waals surface area contributed by atoms with Crippen LogP contribution in [0.4, 0.5) is 13.2 Å². The molecule has 1 amide bonds. The molecule has 1 heterocycles. The van der Waals surface area contributed by atoms with E-state index in [1.807, 2.05) is 0 Å². The van der Waals surface area contributed by atoms with E-state index in [4.69, 9.17) is 4.74 Å². The summed E-state index contributed by atoms with van der Waals surface area (Å²) in [6, 6.07) is -1.08. The van der Waals surface area contributed by atoms with Crippen molar-refractivity contribution >= 4 is 40.4 Å². The van der Waals surface area contributed by atoms with E-state index in [0.29, 0.717) is 0 Å². The lowest BCUT2D eigenvalue weighted by Gasteiger charge is -2.15. The number of esters is 1. The number of halogens is 4. The maximum absolute atomic E-state index is 12.7. The Balaban J connectivity index is 3.04. The highest BCUT2D eigenvalue weighted by atomic mass is 79.9. The second-order valence-electron chi connectivity index (χ2n) is 4.09. The van der Waals surface area contributed by atoms with Gasteiger partial charge < -0.3 is 10.1 Å². The molecule has 0 bridgehead atoms. The van der Waals surface area contributed by atoms with E-state index >= 15 is 0 Å². The Morgan fingerprint density at radius 3 is 2.50 bits per heavy atom. The molecule has 0 saturated carbocycles. The number of hydrogen-bond acceptors (Lipinski definition) is 5. The van der Waals surface area contributed by atoms with Crippen LogP contribution in [0.25, 0.3) is 0 Å². The molecule has 0 saturated heterocycles. The van der Waals surface area contributed by atoms with Crippen LogP contribution in [0.3, 0.4) is 0 Å². The summed E-state index contributed by atoms with van der Waals surface area (Å²) in [6.45, 7) is 1.69. The van der Waals surface area contributed by atoms with Gasteiger partial charge in [-0.05, 0) is 22.9 Å². The summed E-state index contributed by atoms with van der Waals surface area (Å²) in [5.41, 5.74) is -1.58. The highest BCUT2D eigenvalue weighted by Gasteiger charge is 2.39. The summed E-state index contributed by atoms with van der Waals surface area (Å²) in [7, 11) is 1.19. The fraction of sp³-hybridized carbons (Fsp3) is 0.545. The lowest BCUT2D eigenvalue weighted by atomic mass is 10.3. The van der Waals surface area contributed by atoms with E-state index in [0.717, 1.165) is 4.68 Å². The van der Waals surface area contributed by atoms with Gasteiger partial charge in [-0.3, -0.25) is 9.48 Å². The number of hydrogen-bond donors (Lipinski definition) is 2. The van der Waals surface area contributed by atoms with Crippen molar-refractivity contribution in [1.82, 2.24) is 15.1 Å². The van der Waals surface area contributed by atoms with Crippen LogP contribution < -0.4 is 5.32 Å². The van der Waals surface area contributed by atoms with E-state index in [2.05, 4.69) is 39.0 Å². The number of nitrogens with zero attached hydrogens (tertiary/aromatic N) is 2. The van der Waals surface area contributed by atoms with E-state index in [9.17, 15) is 22.8 Å². The normalized spacial score (nSPS) is 12.9. The van der Waals surface area contributed by atoms with Crippen molar-refractivity contribution in [3.63, 3.8) is 0 Å². The number of carbonyl (C=O) groups excluding carboxylic acids is 2. The number of thiol groups is 1. The zero-order chi connectivity index (χ0) is 17.1. The number of ether oxygens (including phenoxy) is 1. The third-order valence-corrected chi connectivity index (χ3v) is 3.65. The summed E-state index contributed by atoms with van der Waals surface area (Å²) in [5, 5.41) is 5.53. The second-order valence-corrected chi connectivity index (χ2v) is 5.25. The summed E-state index contributed by atoms with van der Waals surface area (Å²) < 4.78 is 43.2. The van der Waals surface area contributed by atoms with Gasteiger partial charge in [0.25, 0.3) is 5.91 Å². The smallest absolute Gasteiger partial charge is 0.436 e. The molecule has 0 fully saturated rings. The minimum absolute atomic E-state index is 0.0633. The Kier molecular flexibility index (Phi) is 6.29. The maximum atomic E-state index is 12.7.